The van der Waals surface area contributed by atoms with E-state index in [4.69, 9.17) is 25.8 Å². The summed E-state index contributed by atoms with van der Waals surface area (Å²) in [6, 6.07) is 22.4. The lowest BCUT2D eigenvalue weighted by molar-refractivity contribution is -0.253. The number of carbonyl (C=O) groups excluding carboxylic acids is 2. The average Bonchev–Trinajstić information content (AvgIpc) is 3.02. The molecule has 9 nitrogen and oxygen atoms in total. The van der Waals surface area contributed by atoms with E-state index in [-0.39, 0.29) is 18.8 Å². The average molecular weight is 623 g/mol. The fourth-order valence-corrected chi connectivity index (χ4v) is 5.91. The van der Waals surface area contributed by atoms with Crippen LogP contribution in [0, 0.1) is 0 Å². The van der Waals surface area contributed by atoms with E-state index in [1.807, 2.05) is 60.7 Å². The summed E-state index contributed by atoms with van der Waals surface area (Å²) in [5.74, 6) is -0.968. The third kappa shape index (κ3) is 8.04. The van der Waals surface area contributed by atoms with Gasteiger partial charge in [0, 0.05) is 49.3 Å². The van der Waals surface area contributed by atoms with Crippen molar-refractivity contribution in [2.45, 2.75) is 69.9 Å². The predicted octanol–water partition coefficient (Wildman–Crippen LogP) is 5.25. The second-order valence-electron chi connectivity index (χ2n) is 11.6. The van der Waals surface area contributed by atoms with Crippen LogP contribution in [0.15, 0.2) is 72.8 Å². The zero-order valence-corrected chi connectivity index (χ0v) is 25.7. The Morgan fingerprint density at radius 1 is 1.05 bits per heavy atom. The number of aliphatic hydroxyl groups excluding tert-OH is 1. The minimum Gasteiger partial charge on any atom is -0.453 e. The smallest absolute Gasteiger partial charge is 0.303 e. The molecule has 2 fully saturated rings. The summed E-state index contributed by atoms with van der Waals surface area (Å²) in [5.41, 5.74) is 3.06. The van der Waals surface area contributed by atoms with Crippen molar-refractivity contribution in [3.05, 3.63) is 100 Å². The van der Waals surface area contributed by atoms with Gasteiger partial charge in [-0.1, -0.05) is 60.1 Å². The highest BCUT2D eigenvalue weighted by atomic mass is 35.5. The van der Waals surface area contributed by atoms with Gasteiger partial charge in [-0.3, -0.25) is 9.59 Å². The maximum atomic E-state index is 12.6. The van der Waals surface area contributed by atoms with Gasteiger partial charge in [-0.25, -0.2) is 0 Å². The minimum absolute atomic E-state index is 0.0356. The van der Waals surface area contributed by atoms with E-state index in [1.165, 1.54) is 13.8 Å². The Balaban J connectivity index is 1.30. The molecule has 5 rings (SSSR count). The standard InChI is InChI=1S/C34H39ClN2O7/c1-22(42-23(2)39)32(40)36-29-5-3-4-26(18-29)33-43-30(19-31(44-33)25-8-6-24(21-38)7-9-25)20-37-16-14-34(41,15-17-37)27-10-12-28(35)13-11-27/h3-13,18,22,30-31,33,38,41H,14-17,19-21H2,1-2H3,(H,36,40)/t22-,30-,31+,33+/m0/s1. The molecule has 0 aliphatic carbocycles. The van der Waals surface area contributed by atoms with Crippen molar-refractivity contribution in [3.63, 3.8) is 0 Å². The normalized spacial score (nSPS) is 22.6. The van der Waals surface area contributed by atoms with Gasteiger partial charge in [0.05, 0.1) is 24.4 Å². The number of ether oxygens (including phenoxy) is 3. The van der Waals surface area contributed by atoms with Gasteiger partial charge >= 0.3 is 5.97 Å². The number of hydrogen-bond donors (Lipinski definition) is 3. The first-order chi connectivity index (χ1) is 21.1. The number of benzene rings is 3. The Kier molecular flexibility index (Phi) is 10.4. The largest absolute Gasteiger partial charge is 0.453 e. The van der Waals surface area contributed by atoms with Crippen molar-refractivity contribution >= 4 is 29.2 Å². The number of rotatable bonds is 9. The molecule has 3 aromatic rings. The molecule has 2 saturated heterocycles. The second kappa shape index (κ2) is 14.2. The van der Waals surface area contributed by atoms with Crippen LogP contribution in [0.5, 0.6) is 0 Å². The molecule has 3 aromatic carbocycles. The maximum absolute atomic E-state index is 12.6. The van der Waals surface area contributed by atoms with Crippen molar-refractivity contribution in [1.29, 1.82) is 0 Å². The summed E-state index contributed by atoms with van der Waals surface area (Å²) in [7, 11) is 0. The first kappa shape index (κ1) is 32.1. The van der Waals surface area contributed by atoms with E-state index in [0.29, 0.717) is 49.6 Å². The molecule has 234 valence electrons. The van der Waals surface area contributed by atoms with Crippen LogP contribution in [0.4, 0.5) is 5.69 Å². The molecule has 0 unspecified atom stereocenters. The predicted molar refractivity (Wildman–Crippen MR) is 166 cm³/mol. The van der Waals surface area contributed by atoms with E-state index in [9.17, 15) is 19.8 Å². The second-order valence-corrected chi connectivity index (χ2v) is 12.0. The van der Waals surface area contributed by atoms with Gasteiger partial charge in [-0.15, -0.1) is 0 Å². The summed E-state index contributed by atoms with van der Waals surface area (Å²) in [4.78, 5) is 26.1. The molecule has 2 aliphatic heterocycles. The van der Waals surface area contributed by atoms with Gasteiger partial charge < -0.3 is 34.6 Å². The highest BCUT2D eigenvalue weighted by Crippen LogP contribution is 2.40. The molecule has 0 bridgehead atoms. The molecule has 0 aromatic heterocycles. The van der Waals surface area contributed by atoms with Crippen LogP contribution in [0.2, 0.25) is 5.02 Å². The Labute approximate surface area is 262 Å². The quantitative estimate of drug-likeness (QED) is 0.277. The van der Waals surface area contributed by atoms with Crippen molar-refractivity contribution in [2.75, 3.05) is 25.0 Å². The number of halogens is 1. The molecule has 0 saturated carbocycles. The fourth-order valence-electron chi connectivity index (χ4n) is 5.78. The van der Waals surface area contributed by atoms with Crippen LogP contribution in [0.3, 0.4) is 0 Å². The van der Waals surface area contributed by atoms with E-state index in [1.54, 1.807) is 12.1 Å². The number of aliphatic hydroxyl groups is 2. The molecule has 0 radical (unpaired) electrons. The van der Waals surface area contributed by atoms with Crippen molar-refractivity contribution < 1.29 is 34.0 Å². The number of nitrogens with zero attached hydrogens (tertiary/aromatic N) is 1. The van der Waals surface area contributed by atoms with Crippen LogP contribution in [-0.2, 0) is 36.0 Å². The van der Waals surface area contributed by atoms with Crippen LogP contribution in [-0.4, -0.2) is 58.8 Å². The number of amides is 1. The molecule has 2 aliphatic rings. The van der Waals surface area contributed by atoms with Gasteiger partial charge in [0.1, 0.15) is 0 Å². The molecule has 0 spiro atoms. The van der Waals surface area contributed by atoms with Gasteiger partial charge in [0.15, 0.2) is 12.4 Å². The lowest BCUT2D eigenvalue weighted by Crippen LogP contribution is -2.46. The highest BCUT2D eigenvalue weighted by molar-refractivity contribution is 6.30. The van der Waals surface area contributed by atoms with Crippen molar-refractivity contribution in [2.24, 2.45) is 0 Å². The van der Waals surface area contributed by atoms with Gasteiger partial charge in [-0.2, -0.15) is 0 Å². The SMILES string of the molecule is CC(=O)O[C@@H](C)C(=O)Nc1cccc([C@@H]2O[C@H](CN3CCC(O)(c4ccc(Cl)cc4)CC3)C[C@H](c3ccc(CO)cc3)O2)c1. The third-order valence-electron chi connectivity index (χ3n) is 8.28. The summed E-state index contributed by atoms with van der Waals surface area (Å²) in [5, 5.41) is 24.3. The minimum atomic E-state index is -0.934. The number of nitrogens with one attached hydrogen (secondary N) is 1. The molecule has 2 heterocycles. The Morgan fingerprint density at radius 3 is 2.41 bits per heavy atom. The monoisotopic (exact) mass is 622 g/mol. The summed E-state index contributed by atoms with van der Waals surface area (Å²) < 4.78 is 18.0. The van der Waals surface area contributed by atoms with Crippen LogP contribution >= 0.6 is 11.6 Å². The molecule has 10 heteroatoms. The van der Waals surface area contributed by atoms with Crippen molar-refractivity contribution in [3.8, 4) is 0 Å². The summed E-state index contributed by atoms with van der Waals surface area (Å²) in [6.07, 6.45) is -0.235. The lowest BCUT2D eigenvalue weighted by atomic mass is 9.84. The topological polar surface area (TPSA) is 118 Å². The molecule has 1 amide bonds. The molecule has 3 N–H and O–H groups in total. The first-order valence-corrected chi connectivity index (χ1v) is 15.3. The van der Waals surface area contributed by atoms with Gasteiger partial charge in [0.25, 0.3) is 5.91 Å². The fraction of sp³-hybridized carbons (Fsp3) is 0.412. The number of esters is 1. The highest BCUT2D eigenvalue weighted by Gasteiger charge is 2.37. The molecule has 4 atom stereocenters. The molecular formula is C34H39ClN2O7. The van der Waals surface area contributed by atoms with Gasteiger partial charge in [-0.05, 0) is 60.7 Å². The first-order valence-electron chi connectivity index (χ1n) is 14.9. The Morgan fingerprint density at radius 2 is 1.75 bits per heavy atom. The number of likely N-dealkylation sites (tertiary alicyclic amines) is 1. The number of anilines is 1. The van der Waals surface area contributed by atoms with Crippen LogP contribution < -0.4 is 5.32 Å². The summed E-state index contributed by atoms with van der Waals surface area (Å²) >= 11 is 6.05. The van der Waals surface area contributed by atoms with E-state index < -0.39 is 29.9 Å². The number of carbonyl (C=O) groups is 2. The van der Waals surface area contributed by atoms with Crippen molar-refractivity contribution in [1.82, 2.24) is 4.90 Å². The zero-order chi connectivity index (χ0) is 31.3. The van der Waals surface area contributed by atoms with E-state index >= 15 is 0 Å². The zero-order valence-electron chi connectivity index (χ0n) is 24.9. The Hall–Kier alpha value is -3.31. The van der Waals surface area contributed by atoms with Crippen LogP contribution in [0.25, 0.3) is 0 Å². The maximum Gasteiger partial charge on any atom is 0.303 e. The Bertz CT molecular complexity index is 1420. The summed E-state index contributed by atoms with van der Waals surface area (Å²) in [6.45, 7) is 4.83. The lowest BCUT2D eigenvalue weighted by Gasteiger charge is -2.42. The number of piperidine rings is 1. The number of hydrogen-bond acceptors (Lipinski definition) is 8. The molecular weight excluding hydrogens is 584 g/mol. The van der Waals surface area contributed by atoms with Gasteiger partial charge in [0.2, 0.25) is 0 Å². The molecule has 44 heavy (non-hydrogen) atoms. The van der Waals surface area contributed by atoms with E-state index in [0.717, 1.165) is 22.3 Å². The van der Waals surface area contributed by atoms with E-state index in [2.05, 4.69) is 10.2 Å². The van der Waals surface area contributed by atoms with Crippen LogP contribution in [0.1, 0.15) is 67.8 Å². The third-order valence-corrected chi connectivity index (χ3v) is 8.53.